The van der Waals surface area contributed by atoms with Crippen LogP contribution in [0, 0.1) is 13.8 Å². The van der Waals surface area contributed by atoms with Gasteiger partial charge in [-0.2, -0.15) is 0 Å². The number of nitrogens with zero attached hydrogens (tertiary/aromatic N) is 2. The molecule has 2 aromatic rings. The van der Waals surface area contributed by atoms with Crippen LogP contribution in [0.2, 0.25) is 0 Å². The molecule has 5 nitrogen and oxygen atoms in total. The SMILES string of the molecule is CCNC(=NCC1Cc2ccccc2O1)NCCc1nc(C)c(C)s1.I. The smallest absolute Gasteiger partial charge is 0.191 e. The lowest BCUT2D eigenvalue weighted by atomic mass is 10.1. The van der Waals surface area contributed by atoms with E-state index in [1.54, 1.807) is 11.3 Å². The third-order valence-electron chi connectivity index (χ3n) is 4.22. The largest absolute Gasteiger partial charge is 0.488 e. The Bertz CT molecular complexity index is 702. The van der Waals surface area contributed by atoms with Crippen molar-refractivity contribution in [2.45, 2.75) is 39.7 Å². The van der Waals surface area contributed by atoms with E-state index in [4.69, 9.17) is 4.74 Å². The number of halogens is 1. The highest BCUT2D eigenvalue weighted by Crippen LogP contribution is 2.28. The summed E-state index contributed by atoms with van der Waals surface area (Å²) in [4.78, 5) is 10.6. The molecule has 1 aliphatic heterocycles. The Morgan fingerprint density at radius 3 is 2.81 bits per heavy atom. The molecule has 0 saturated carbocycles. The second kappa shape index (κ2) is 10.1. The number of guanidine groups is 1. The average molecular weight is 486 g/mol. The maximum Gasteiger partial charge on any atom is 0.191 e. The number of rotatable bonds is 6. The highest BCUT2D eigenvalue weighted by molar-refractivity contribution is 14.0. The summed E-state index contributed by atoms with van der Waals surface area (Å²) < 4.78 is 5.95. The minimum absolute atomic E-state index is 0. The topological polar surface area (TPSA) is 58.5 Å². The molecule has 0 aliphatic carbocycles. The summed E-state index contributed by atoms with van der Waals surface area (Å²) >= 11 is 1.77. The van der Waals surface area contributed by atoms with Crippen LogP contribution in [0.3, 0.4) is 0 Å². The van der Waals surface area contributed by atoms with E-state index in [1.165, 1.54) is 15.4 Å². The number of aryl methyl sites for hydroxylation is 2. The van der Waals surface area contributed by atoms with E-state index in [2.05, 4.69) is 53.5 Å². The summed E-state index contributed by atoms with van der Waals surface area (Å²) in [5.74, 6) is 1.84. The molecule has 1 aromatic carbocycles. The van der Waals surface area contributed by atoms with Gasteiger partial charge in [0.1, 0.15) is 11.9 Å². The van der Waals surface area contributed by atoms with E-state index in [0.717, 1.165) is 43.3 Å². The van der Waals surface area contributed by atoms with Crippen LogP contribution in [-0.2, 0) is 12.8 Å². The minimum atomic E-state index is 0. The fraction of sp³-hybridized carbons (Fsp3) is 0.474. The number of hydrogen-bond acceptors (Lipinski definition) is 4. The lowest BCUT2D eigenvalue weighted by Crippen LogP contribution is -2.39. The molecule has 7 heteroatoms. The van der Waals surface area contributed by atoms with Crippen molar-refractivity contribution in [1.82, 2.24) is 15.6 Å². The molecule has 142 valence electrons. The van der Waals surface area contributed by atoms with Gasteiger partial charge >= 0.3 is 0 Å². The molecule has 1 aliphatic rings. The molecule has 26 heavy (non-hydrogen) atoms. The lowest BCUT2D eigenvalue weighted by molar-refractivity contribution is 0.241. The van der Waals surface area contributed by atoms with Gasteiger partial charge in [0.05, 0.1) is 17.2 Å². The number of nitrogens with one attached hydrogen (secondary N) is 2. The van der Waals surface area contributed by atoms with Gasteiger partial charge in [-0.1, -0.05) is 18.2 Å². The maximum absolute atomic E-state index is 5.95. The fourth-order valence-electron chi connectivity index (χ4n) is 2.82. The van der Waals surface area contributed by atoms with Crippen LogP contribution < -0.4 is 15.4 Å². The van der Waals surface area contributed by atoms with Crippen molar-refractivity contribution < 1.29 is 4.74 Å². The average Bonchev–Trinajstić information content (AvgIpc) is 3.15. The number of para-hydroxylation sites is 1. The van der Waals surface area contributed by atoms with Crippen molar-refractivity contribution in [3.8, 4) is 5.75 Å². The highest BCUT2D eigenvalue weighted by atomic mass is 127. The number of benzene rings is 1. The molecule has 0 amide bonds. The Hall–Kier alpha value is -1.35. The number of thiazole rings is 1. The van der Waals surface area contributed by atoms with E-state index in [1.807, 2.05) is 12.1 Å². The summed E-state index contributed by atoms with van der Waals surface area (Å²) in [5.41, 5.74) is 2.41. The molecule has 0 bridgehead atoms. The Labute approximate surface area is 176 Å². The molecule has 1 unspecified atom stereocenters. The quantitative estimate of drug-likeness (QED) is 0.373. The van der Waals surface area contributed by atoms with Crippen molar-refractivity contribution in [2.24, 2.45) is 4.99 Å². The third-order valence-corrected chi connectivity index (χ3v) is 5.35. The highest BCUT2D eigenvalue weighted by Gasteiger charge is 2.21. The van der Waals surface area contributed by atoms with Crippen molar-refractivity contribution in [3.05, 3.63) is 45.4 Å². The molecule has 0 radical (unpaired) electrons. The van der Waals surface area contributed by atoms with Gasteiger partial charge in [0.25, 0.3) is 0 Å². The van der Waals surface area contributed by atoms with E-state index in [9.17, 15) is 0 Å². The Kier molecular flexibility index (Phi) is 8.15. The van der Waals surface area contributed by atoms with Crippen LogP contribution >= 0.6 is 35.3 Å². The van der Waals surface area contributed by atoms with Crippen LogP contribution in [0.5, 0.6) is 5.75 Å². The first-order valence-corrected chi connectivity index (χ1v) is 9.67. The summed E-state index contributed by atoms with van der Waals surface area (Å²) in [5, 5.41) is 7.86. The maximum atomic E-state index is 5.95. The molecular formula is C19H27IN4OS. The van der Waals surface area contributed by atoms with Gasteiger partial charge < -0.3 is 15.4 Å². The van der Waals surface area contributed by atoms with Crippen molar-refractivity contribution >= 4 is 41.3 Å². The zero-order chi connectivity index (χ0) is 17.6. The van der Waals surface area contributed by atoms with Gasteiger partial charge in [-0.3, -0.25) is 0 Å². The molecule has 3 rings (SSSR count). The number of fused-ring (bicyclic) bond motifs is 1. The zero-order valence-electron chi connectivity index (χ0n) is 15.5. The molecule has 2 N–H and O–H groups in total. The van der Waals surface area contributed by atoms with Crippen LogP contribution in [-0.4, -0.2) is 36.7 Å². The number of aliphatic imine (C=N–C) groups is 1. The number of hydrogen-bond donors (Lipinski definition) is 2. The standard InChI is InChI=1S/C19H26N4OS.HI/c1-4-20-19(21-10-9-18-23-13(2)14(3)25-18)22-12-16-11-15-7-5-6-8-17(15)24-16;/h5-8,16H,4,9-12H2,1-3H3,(H2,20,21,22);1H. The second-order valence-electron chi connectivity index (χ2n) is 6.20. The van der Waals surface area contributed by atoms with Crippen molar-refractivity contribution in [3.63, 3.8) is 0 Å². The molecule has 0 saturated heterocycles. The summed E-state index contributed by atoms with van der Waals surface area (Å²) in [6, 6.07) is 8.22. The third kappa shape index (κ3) is 5.57. The van der Waals surface area contributed by atoms with Crippen LogP contribution in [0.4, 0.5) is 0 Å². The summed E-state index contributed by atoms with van der Waals surface area (Å²) in [7, 11) is 0. The first-order chi connectivity index (χ1) is 12.2. The molecule has 1 atom stereocenters. The predicted molar refractivity (Wildman–Crippen MR) is 119 cm³/mol. The Balaban J connectivity index is 0.00000243. The molecule has 0 spiro atoms. The predicted octanol–water partition coefficient (Wildman–Crippen LogP) is 3.48. The molecule has 0 fully saturated rings. The van der Waals surface area contributed by atoms with Gasteiger partial charge in [-0.05, 0) is 32.4 Å². The van der Waals surface area contributed by atoms with Crippen LogP contribution in [0.15, 0.2) is 29.3 Å². The number of aromatic nitrogens is 1. The summed E-state index contributed by atoms with van der Waals surface area (Å²) in [6.45, 7) is 8.58. The van der Waals surface area contributed by atoms with Gasteiger partial charge in [0.2, 0.25) is 0 Å². The molecular weight excluding hydrogens is 459 g/mol. The van der Waals surface area contributed by atoms with Gasteiger partial charge in [0.15, 0.2) is 5.96 Å². The van der Waals surface area contributed by atoms with Crippen molar-refractivity contribution in [1.29, 1.82) is 0 Å². The molecule has 1 aromatic heterocycles. The Morgan fingerprint density at radius 1 is 1.31 bits per heavy atom. The van der Waals surface area contributed by atoms with Gasteiger partial charge in [-0.15, -0.1) is 35.3 Å². The van der Waals surface area contributed by atoms with E-state index >= 15 is 0 Å². The monoisotopic (exact) mass is 486 g/mol. The first-order valence-electron chi connectivity index (χ1n) is 8.85. The van der Waals surface area contributed by atoms with Crippen molar-refractivity contribution in [2.75, 3.05) is 19.6 Å². The lowest BCUT2D eigenvalue weighted by Gasteiger charge is -2.13. The van der Waals surface area contributed by atoms with E-state index in [0.29, 0.717) is 6.54 Å². The first kappa shape index (κ1) is 21.0. The molecule has 2 heterocycles. The fourth-order valence-corrected chi connectivity index (χ4v) is 3.76. The summed E-state index contributed by atoms with van der Waals surface area (Å²) in [6.07, 6.45) is 1.96. The second-order valence-corrected chi connectivity index (χ2v) is 7.49. The van der Waals surface area contributed by atoms with Gasteiger partial charge in [-0.25, -0.2) is 9.98 Å². The minimum Gasteiger partial charge on any atom is -0.488 e. The van der Waals surface area contributed by atoms with Crippen LogP contribution in [0.25, 0.3) is 0 Å². The van der Waals surface area contributed by atoms with E-state index < -0.39 is 0 Å². The van der Waals surface area contributed by atoms with Gasteiger partial charge in [0, 0.05) is 30.8 Å². The zero-order valence-corrected chi connectivity index (χ0v) is 18.7. The normalized spacial score (nSPS) is 15.8. The Morgan fingerprint density at radius 2 is 2.12 bits per heavy atom. The van der Waals surface area contributed by atoms with Crippen LogP contribution in [0.1, 0.15) is 28.1 Å². The number of ether oxygens (including phenoxy) is 1. The van der Waals surface area contributed by atoms with E-state index in [-0.39, 0.29) is 30.1 Å².